The van der Waals surface area contributed by atoms with Gasteiger partial charge < -0.3 is 9.64 Å². The van der Waals surface area contributed by atoms with Gasteiger partial charge in [-0.15, -0.1) is 11.3 Å². The molecule has 1 heterocycles. The van der Waals surface area contributed by atoms with Gasteiger partial charge in [0.05, 0.1) is 19.9 Å². The van der Waals surface area contributed by atoms with E-state index in [2.05, 4.69) is 45.8 Å². The lowest BCUT2D eigenvalue weighted by Gasteiger charge is -2.17. The normalized spacial score (nSPS) is 10.3. The smallest absolute Gasteiger partial charge is 0.349 e. The second-order valence-electron chi connectivity index (χ2n) is 4.30. The van der Waals surface area contributed by atoms with Gasteiger partial charge in [0.2, 0.25) is 0 Å². The number of methoxy groups -OCH3 is 1. The molecule has 1 aromatic carbocycles. The second kappa shape index (κ2) is 5.84. The molecule has 0 saturated heterocycles. The molecule has 0 amide bonds. The summed E-state index contributed by atoms with van der Waals surface area (Å²) in [5.41, 5.74) is 2.36. The number of aromatic nitrogens is 1. The van der Waals surface area contributed by atoms with Crippen molar-refractivity contribution in [2.24, 2.45) is 0 Å². The number of carbonyl (C=O) groups excluding carboxylic acids is 1. The maximum Gasteiger partial charge on any atom is 0.349 e. The molecule has 0 N–H and O–H groups in total. The average molecular weight is 276 g/mol. The van der Waals surface area contributed by atoms with Crippen LogP contribution in [0, 0.1) is 6.92 Å². The summed E-state index contributed by atoms with van der Waals surface area (Å²) in [6, 6.07) is 8.30. The Bertz CT molecular complexity index is 563. The fourth-order valence-electron chi connectivity index (χ4n) is 1.67. The molecule has 0 atom stereocenters. The average Bonchev–Trinajstić information content (AvgIpc) is 2.87. The first-order valence-electron chi connectivity index (χ1n) is 5.91. The van der Waals surface area contributed by atoms with Crippen molar-refractivity contribution in [1.82, 2.24) is 4.98 Å². The maximum absolute atomic E-state index is 11.4. The van der Waals surface area contributed by atoms with Gasteiger partial charge in [-0.1, -0.05) is 17.7 Å². The van der Waals surface area contributed by atoms with Crippen LogP contribution in [0.1, 0.15) is 20.2 Å². The van der Waals surface area contributed by atoms with E-state index in [1.165, 1.54) is 24.0 Å². The van der Waals surface area contributed by atoms with Crippen LogP contribution in [0.3, 0.4) is 0 Å². The minimum Gasteiger partial charge on any atom is -0.465 e. The zero-order chi connectivity index (χ0) is 13.8. The van der Waals surface area contributed by atoms with Crippen LogP contribution in [0.2, 0.25) is 0 Å². The number of anilines is 1. The van der Waals surface area contributed by atoms with Crippen LogP contribution in [0.4, 0.5) is 5.69 Å². The van der Waals surface area contributed by atoms with E-state index in [-0.39, 0.29) is 5.97 Å². The van der Waals surface area contributed by atoms with Gasteiger partial charge in [0.15, 0.2) is 0 Å². The number of rotatable bonds is 4. The Morgan fingerprint density at radius 1 is 1.37 bits per heavy atom. The number of thiazole rings is 1. The Labute approximate surface area is 116 Å². The van der Waals surface area contributed by atoms with Crippen molar-refractivity contribution in [1.29, 1.82) is 0 Å². The first kappa shape index (κ1) is 13.5. The van der Waals surface area contributed by atoms with E-state index in [4.69, 9.17) is 0 Å². The molecule has 0 unspecified atom stereocenters. The predicted octanol–water partition coefficient (Wildman–Crippen LogP) is 2.87. The third-order valence-corrected chi connectivity index (χ3v) is 3.75. The molecule has 0 bridgehead atoms. The molecule has 0 radical (unpaired) electrons. The number of carbonyl (C=O) groups is 1. The fourth-order valence-corrected chi connectivity index (χ4v) is 2.56. The van der Waals surface area contributed by atoms with Gasteiger partial charge in [-0.2, -0.15) is 0 Å². The fraction of sp³-hybridized carbons (Fsp3) is 0.286. The van der Waals surface area contributed by atoms with Crippen molar-refractivity contribution >= 4 is 23.0 Å². The van der Waals surface area contributed by atoms with E-state index < -0.39 is 0 Å². The molecule has 0 aliphatic carbocycles. The van der Waals surface area contributed by atoms with Crippen molar-refractivity contribution in [3.63, 3.8) is 0 Å². The Kier molecular flexibility index (Phi) is 4.16. The number of ether oxygens (including phenoxy) is 1. The molecule has 0 aliphatic rings. The first-order chi connectivity index (χ1) is 9.10. The predicted molar refractivity (Wildman–Crippen MR) is 76.7 cm³/mol. The summed E-state index contributed by atoms with van der Waals surface area (Å²) in [6.07, 6.45) is 1.56. The van der Waals surface area contributed by atoms with Crippen LogP contribution in [0.15, 0.2) is 30.5 Å². The summed E-state index contributed by atoms with van der Waals surface area (Å²) in [4.78, 5) is 18.2. The largest absolute Gasteiger partial charge is 0.465 e. The SMILES string of the molecule is COC(=O)c1cnc(CN(C)c2ccc(C)cc2)s1. The van der Waals surface area contributed by atoms with Gasteiger partial charge in [-0.05, 0) is 19.1 Å². The van der Waals surface area contributed by atoms with Crippen molar-refractivity contribution in [3.8, 4) is 0 Å². The van der Waals surface area contributed by atoms with Crippen LogP contribution in [0.25, 0.3) is 0 Å². The second-order valence-corrected chi connectivity index (χ2v) is 5.42. The maximum atomic E-state index is 11.4. The number of benzene rings is 1. The standard InChI is InChI=1S/C14H16N2O2S/c1-10-4-6-11(7-5-10)16(2)9-13-15-8-12(19-13)14(17)18-3/h4-8H,9H2,1-3H3. The lowest BCUT2D eigenvalue weighted by atomic mass is 10.2. The van der Waals surface area contributed by atoms with E-state index in [0.29, 0.717) is 11.4 Å². The van der Waals surface area contributed by atoms with E-state index in [1.54, 1.807) is 6.20 Å². The lowest BCUT2D eigenvalue weighted by molar-refractivity contribution is 0.0606. The van der Waals surface area contributed by atoms with Crippen molar-refractivity contribution in [3.05, 3.63) is 45.9 Å². The van der Waals surface area contributed by atoms with E-state index in [1.807, 2.05) is 7.05 Å². The number of hydrogen-bond donors (Lipinski definition) is 0. The van der Waals surface area contributed by atoms with Crippen molar-refractivity contribution in [2.75, 3.05) is 19.1 Å². The van der Waals surface area contributed by atoms with Crippen molar-refractivity contribution in [2.45, 2.75) is 13.5 Å². The van der Waals surface area contributed by atoms with E-state index in [0.717, 1.165) is 10.7 Å². The number of esters is 1. The minimum absolute atomic E-state index is 0.332. The molecule has 0 saturated carbocycles. The number of aryl methyl sites for hydroxylation is 1. The highest BCUT2D eigenvalue weighted by Gasteiger charge is 2.11. The zero-order valence-electron chi connectivity index (χ0n) is 11.2. The highest BCUT2D eigenvalue weighted by atomic mass is 32.1. The molecule has 1 aromatic heterocycles. The van der Waals surface area contributed by atoms with Crippen LogP contribution >= 0.6 is 11.3 Å². The summed E-state index contributed by atoms with van der Waals surface area (Å²) in [5.74, 6) is -0.332. The Morgan fingerprint density at radius 3 is 2.68 bits per heavy atom. The van der Waals surface area contributed by atoms with Crippen LogP contribution < -0.4 is 4.90 Å². The topological polar surface area (TPSA) is 42.4 Å². The molecular formula is C14H16N2O2S. The van der Waals surface area contributed by atoms with Crippen LogP contribution in [-0.4, -0.2) is 25.1 Å². The summed E-state index contributed by atoms with van der Waals surface area (Å²) in [6.45, 7) is 2.73. The highest BCUT2D eigenvalue weighted by Crippen LogP contribution is 2.19. The van der Waals surface area contributed by atoms with E-state index >= 15 is 0 Å². The first-order valence-corrected chi connectivity index (χ1v) is 6.72. The zero-order valence-corrected chi connectivity index (χ0v) is 12.0. The van der Waals surface area contributed by atoms with Gasteiger partial charge >= 0.3 is 5.97 Å². The number of hydrogen-bond acceptors (Lipinski definition) is 5. The molecule has 2 rings (SSSR count). The Balaban J connectivity index is 2.06. The number of nitrogens with zero attached hydrogens (tertiary/aromatic N) is 2. The van der Waals surface area contributed by atoms with Gasteiger partial charge in [0, 0.05) is 12.7 Å². The molecule has 0 aliphatic heterocycles. The Hall–Kier alpha value is -1.88. The van der Waals surface area contributed by atoms with Gasteiger partial charge in [0.25, 0.3) is 0 Å². The molecule has 19 heavy (non-hydrogen) atoms. The summed E-state index contributed by atoms with van der Waals surface area (Å²) in [5, 5.41) is 0.892. The monoisotopic (exact) mass is 276 g/mol. The molecule has 5 heteroatoms. The summed E-state index contributed by atoms with van der Waals surface area (Å²) in [7, 11) is 3.38. The van der Waals surface area contributed by atoms with Crippen molar-refractivity contribution < 1.29 is 9.53 Å². The third-order valence-electron chi connectivity index (χ3n) is 2.79. The quantitative estimate of drug-likeness (QED) is 0.805. The molecular weight excluding hydrogens is 260 g/mol. The summed E-state index contributed by atoms with van der Waals surface area (Å²) >= 11 is 1.36. The lowest BCUT2D eigenvalue weighted by Crippen LogP contribution is -2.15. The molecule has 2 aromatic rings. The molecule has 0 fully saturated rings. The highest BCUT2D eigenvalue weighted by molar-refractivity contribution is 7.13. The minimum atomic E-state index is -0.332. The van der Waals surface area contributed by atoms with Gasteiger partial charge in [0.1, 0.15) is 9.88 Å². The molecule has 4 nitrogen and oxygen atoms in total. The summed E-state index contributed by atoms with van der Waals surface area (Å²) < 4.78 is 4.67. The van der Waals surface area contributed by atoms with Crippen LogP contribution in [0.5, 0.6) is 0 Å². The van der Waals surface area contributed by atoms with Gasteiger partial charge in [-0.25, -0.2) is 9.78 Å². The van der Waals surface area contributed by atoms with Crippen LogP contribution in [-0.2, 0) is 11.3 Å². The molecule has 0 spiro atoms. The molecule has 100 valence electrons. The third kappa shape index (κ3) is 3.32. The Morgan fingerprint density at radius 2 is 2.05 bits per heavy atom. The van der Waals surface area contributed by atoms with Gasteiger partial charge in [-0.3, -0.25) is 0 Å². The van der Waals surface area contributed by atoms with E-state index in [9.17, 15) is 4.79 Å².